The van der Waals surface area contributed by atoms with E-state index in [-0.39, 0.29) is 11.5 Å². The molecule has 0 saturated heterocycles. The van der Waals surface area contributed by atoms with E-state index in [1.807, 2.05) is 0 Å². The highest BCUT2D eigenvalue weighted by Crippen LogP contribution is 2.14. The lowest BCUT2D eigenvalue weighted by Gasteiger charge is -2.19. The Balaban J connectivity index is 2.81. The molecule has 3 N–H and O–H groups in total. The number of carbonyl (C=O) groups is 2. The van der Waals surface area contributed by atoms with Gasteiger partial charge >= 0.3 is 12.1 Å². The van der Waals surface area contributed by atoms with Crippen LogP contribution in [0.5, 0.6) is 0 Å². The van der Waals surface area contributed by atoms with E-state index in [0.717, 1.165) is 0 Å². The minimum absolute atomic E-state index is 0.0516. The number of imidazole rings is 1. The first kappa shape index (κ1) is 13.0. The molecule has 17 heavy (non-hydrogen) atoms. The highest BCUT2D eigenvalue weighted by atomic mass is 16.6. The molecular formula is C10H15N3O4. The number of aryl methyl sites for hydroxylation is 1. The maximum atomic E-state index is 11.4. The van der Waals surface area contributed by atoms with Gasteiger partial charge in [0.05, 0.1) is 0 Å². The number of carbonyl (C=O) groups excluding carboxylic acids is 1. The van der Waals surface area contributed by atoms with E-state index in [2.05, 4.69) is 15.3 Å². The van der Waals surface area contributed by atoms with Crippen molar-refractivity contribution in [2.24, 2.45) is 0 Å². The lowest BCUT2D eigenvalue weighted by Crippen LogP contribution is -2.27. The Morgan fingerprint density at radius 1 is 1.41 bits per heavy atom. The molecule has 94 valence electrons. The van der Waals surface area contributed by atoms with Crippen LogP contribution in [0.4, 0.5) is 10.6 Å². The molecule has 0 aliphatic carbocycles. The molecule has 0 aliphatic rings. The molecule has 0 saturated carbocycles. The topological polar surface area (TPSA) is 104 Å². The molecule has 0 aromatic carbocycles. The van der Waals surface area contributed by atoms with Crippen molar-refractivity contribution in [2.45, 2.75) is 33.3 Å². The highest BCUT2D eigenvalue weighted by Gasteiger charge is 2.21. The summed E-state index contributed by atoms with van der Waals surface area (Å²) in [5, 5.41) is 11.1. The van der Waals surface area contributed by atoms with E-state index in [0.29, 0.717) is 5.82 Å². The van der Waals surface area contributed by atoms with Gasteiger partial charge in [-0.1, -0.05) is 0 Å². The number of carboxylic acid groups (broad SMARTS) is 1. The second-order valence-corrected chi connectivity index (χ2v) is 4.48. The number of anilines is 1. The molecule has 1 amide bonds. The Hall–Kier alpha value is -2.05. The lowest BCUT2D eigenvalue weighted by atomic mass is 10.2. The van der Waals surface area contributed by atoms with Crippen LogP contribution in [0, 0.1) is 6.92 Å². The summed E-state index contributed by atoms with van der Waals surface area (Å²) in [7, 11) is 0. The van der Waals surface area contributed by atoms with Crippen molar-refractivity contribution in [3.05, 3.63) is 11.5 Å². The second-order valence-electron chi connectivity index (χ2n) is 4.48. The smallest absolute Gasteiger partial charge is 0.413 e. The number of nitrogens with one attached hydrogen (secondary N) is 2. The van der Waals surface area contributed by atoms with Crippen molar-refractivity contribution in [3.63, 3.8) is 0 Å². The van der Waals surface area contributed by atoms with Crippen molar-refractivity contribution < 1.29 is 19.4 Å². The summed E-state index contributed by atoms with van der Waals surface area (Å²) in [5.41, 5.74) is -0.827. The number of nitrogens with zero attached hydrogens (tertiary/aromatic N) is 1. The van der Waals surface area contributed by atoms with Gasteiger partial charge in [-0.2, -0.15) is 0 Å². The van der Waals surface area contributed by atoms with E-state index in [4.69, 9.17) is 9.84 Å². The molecule has 0 atom stereocenters. The van der Waals surface area contributed by atoms with Gasteiger partial charge in [0.15, 0.2) is 11.5 Å². The molecular weight excluding hydrogens is 226 g/mol. The zero-order valence-corrected chi connectivity index (χ0v) is 10.1. The quantitative estimate of drug-likeness (QED) is 0.731. The molecule has 7 heteroatoms. The summed E-state index contributed by atoms with van der Waals surface area (Å²) in [6, 6.07) is 0. The lowest BCUT2D eigenvalue weighted by molar-refractivity contribution is 0.0635. The Kier molecular flexibility index (Phi) is 3.40. The van der Waals surface area contributed by atoms with Crippen LogP contribution in [0.2, 0.25) is 0 Å². The van der Waals surface area contributed by atoms with Crippen molar-refractivity contribution in [1.82, 2.24) is 9.97 Å². The Morgan fingerprint density at radius 2 is 2.00 bits per heavy atom. The zero-order valence-electron chi connectivity index (χ0n) is 10.1. The first-order valence-corrected chi connectivity index (χ1v) is 4.99. The van der Waals surface area contributed by atoms with Gasteiger partial charge in [-0.15, -0.1) is 0 Å². The van der Waals surface area contributed by atoms with Gasteiger partial charge < -0.3 is 14.8 Å². The van der Waals surface area contributed by atoms with Crippen molar-refractivity contribution in [2.75, 3.05) is 5.32 Å². The summed E-state index contributed by atoms with van der Waals surface area (Å²) < 4.78 is 4.99. The Bertz CT molecular complexity index is 445. The number of amides is 1. The minimum Gasteiger partial charge on any atom is -0.476 e. The van der Waals surface area contributed by atoms with Gasteiger partial charge in [0.2, 0.25) is 0 Å². The monoisotopic (exact) mass is 241 g/mol. The Morgan fingerprint density at radius 3 is 2.47 bits per heavy atom. The van der Waals surface area contributed by atoms with Crippen LogP contribution >= 0.6 is 0 Å². The van der Waals surface area contributed by atoms with Gasteiger partial charge in [-0.25, -0.2) is 14.6 Å². The molecule has 1 rings (SSSR count). The first-order valence-electron chi connectivity index (χ1n) is 4.99. The molecule has 1 heterocycles. The third kappa shape index (κ3) is 3.78. The number of ether oxygens (including phenoxy) is 1. The molecule has 0 aliphatic heterocycles. The largest absolute Gasteiger partial charge is 0.476 e. The van der Waals surface area contributed by atoms with Gasteiger partial charge in [-0.3, -0.25) is 5.32 Å². The maximum Gasteiger partial charge on any atom is 0.413 e. The minimum atomic E-state index is -1.20. The van der Waals surface area contributed by atoms with Crippen LogP contribution in [0.3, 0.4) is 0 Å². The second kappa shape index (κ2) is 4.44. The van der Waals surface area contributed by atoms with Crippen LogP contribution in [-0.4, -0.2) is 32.7 Å². The van der Waals surface area contributed by atoms with Crippen molar-refractivity contribution in [1.29, 1.82) is 0 Å². The predicted molar refractivity (Wildman–Crippen MR) is 60.1 cm³/mol. The SMILES string of the molecule is Cc1nc(NC(=O)OC(C)(C)C)c(C(=O)O)[nH]1. The van der Waals surface area contributed by atoms with E-state index < -0.39 is 17.7 Å². The van der Waals surface area contributed by atoms with Crippen LogP contribution in [0.15, 0.2) is 0 Å². The third-order valence-corrected chi connectivity index (χ3v) is 1.66. The fourth-order valence-electron chi connectivity index (χ4n) is 1.14. The van der Waals surface area contributed by atoms with Crippen LogP contribution < -0.4 is 5.32 Å². The maximum absolute atomic E-state index is 11.4. The number of carboxylic acids is 1. The fourth-order valence-corrected chi connectivity index (χ4v) is 1.14. The predicted octanol–water partition coefficient (Wildman–Crippen LogP) is 1.76. The zero-order chi connectivity index (χ0) is 13.2. The average Bonchev–Trinajstić information content (AvgIpc) is 2.42. The highest BCUT2D eigenvalue weighted by molar-refractivity contribution is 5.96. The van der Waals surface area contributed by atoms with Crippen LogP contribution in [-0.2, 0) is 4.74 Å². The van der Waals surface area contributed by atoms with E-state index >= 15 is 0 Å². The number of aromatic carboxylic acids is 1. The molecule has 0 radical (unpaired) electrons. The first-order chi connectivity index (χ1) is 7.69. The van der Waals surface area contributed by atoms with Crippen molar-refractivity contribution in [3.8, 4) is 0 Å². The molecule has 0 unspecified atom stereocenters. The van der Waals surface area contributed by atoms with Gasteiger partial charge in [0.25, 0.3) is 0 Å². The fraction of sp³-hybridized carbons (Fsp3) is 0.500. The number of aromatic nitrogens is 2. The molecule has 0 fully saturated rings. The summed E-state index contributed by atoms with van der Waals surface area (Å²) in [6.07, 6.45) is -0.744. The van der Waals surface area contributed by atoms with Crippen LogP contribution in [0.1, 0.15) is 37.1 Å². The molecule has 7 nitrogen and oxygen atoms in total. The van der Waals surface area contributed by atoms with E-state index in [9.17, 15) is 9.59 Å². The Labute approximate surface area is 98.2 Å². The van der Waals surface area contributed by atoms with E-state index in [1.54, 1.807) is 27.7 Å². The standard InChI is InChI=1S/C10H15N3O4/c1-5-11-6(8(14)15)7(12-5)13-9(16)17-10(2,3)4/h1-4H3,(H,11,12)(H,13,16)(H,14,15). The molecule has 0 spiro atoms. The number of hydrogen-bond donors (Lipinski definition) is 3. The van der Waals surface area contributed by atoms with Crippen LogP contribution in [0.25, 0.3) is 0 Å². The molecule has 0 bridgehead atoms. The summed E-state index contributed by atoms with van der Waals surface area (Å²) in [4.78, 5) is 28.7. The number of H-pyrrole nitrogens is 1. The van der Waals surface area contributed by atoms with E-state index in [1.165, 1.54) is 0 Å². The van der Waals surface area contributed by atoms with Crippen molar-refractivity contribution >= 4 is 17.9 Å². The van der Waals surface area contributed by atoms with Gasteiger partial charge in [-0.05, 0) is 27.7 Å². The van der Waals surface area contributed by atoms with Gasteiger partial charge in [0.1, 0.15) is 11.4 Å². The number of rotatable bonds is 2. The van der Waals surface area contributed by atoms with Gasteiger partial charge in [0, 0.05) is 0 Å². The number of aromatic amines is 1. The average molecular weight is 241 g/mol. The number of hydrogen-bond acceptors (Lipinski definition) is 4. The summed E-state index contributed by atoms with van der Waals surface area (Å²) in [5.74, 6) is -0.852. The molecule has 1 aromatic rings. The normalized spacial score (nSPS) is 11.1. The summed E-state index contributed by atoms with van der Waals surface area (Å²) in [6.45, 7) is 6.72. The third-order valence-electron chi connectivity index (χ3n) is 1.66. The molecule has 1 aromatic heterocycles. The summed E-state index contributed by atoms with van der Waals surface area (Å²) >= 11 is 0.